The molecule has 3 amide bonds. The number of imide groups is 1. The molecule has 26 heavy (non-hydrogen) atoms. The standard InChI is InChI=1S/C16H13F3N4O3/c17-16(18,19)15(21-22-15)10-4-1-2-5-11(10)20-12(24)6-3-9-23-13(25)7-8-14(23)26/h1-2,4-5,7-8H,3,6,9H2,(H,20,24). The van der Waals surface area contributed by atoms with E-state index in [4.69, 9.17) is 0 Å². The van der Waals surface area contributed by atoms with E-state index in [1.165, 1.54) is 24.3 Å². The van der Waals surface area contributed by atoms with E-state index in [1.54, 1.807) is 0 Å². The third-order valence-corrected chi connectivity index (χ3v) is 3.96. The van der Waals surface area contributed by atoms with Crippen molar-refractivity contribution in [3.05, 3.63) is 42.0 Å². The van der Waals surface area contributed by atoms with Gasteiger partial charge in [0.1, 0.15) is 0 Å². The number of carbonyl (C=O) groups excluding carboxylic acids is 3. The van der Waals surface area contributed by atoms with Gasteiger partial charge >= 0.3 is 11.8 Å². The van der Waals surface area contributed by atoms with Crippen LogP contribution >= 0.6 is 0 Å². The summed E-state index contributed by atoms with van der Waals surface area (Å²) >= 11 is 0. The summed E-state index contributed by atoms with van der Waals surface area (Å²) in [7, 11) is 0. The molecule has 0 spiro atoms. The Hall–Kier alpha value is -3.04. The number of hydrogen-bond acceptors (Lipinski definition) is 5. The van der Waals surface area contributed by atoms with Crippen molar-refractivity contribution in [2.75, 3.05) is 11.9 Å². The topological polar surface area (TPSA) is 91.2 Å². The second-order valence-electron chi connectivity index (χ2n) is 5.73. The predicted octanol–water partition coefficient (Wildman–Crippen LogP) is 2.51. The molecule has 0 radical (unpaired) electrons. The fraction of sp³-hybridized carbons (Fsp3) is 0.312. The quantitative estimate of drug-likeness (QED) is 0.784. The van der Waals surface area contributed by atoms with Crippen molar-refractivity contribution in [2.45, 2.75) is 24.7 Å². The summed E-state index contributed by atoms with van der Waals surface area (Å²) in [5.41, 5.74) is -2.92. The van der Waals surface area contributed by atoms with E-state index >= 15 is 0 Å². The van der Waals surface area contributed by atoms with Gasteiger partial charge in [-0.05, 0) is 12.5 Å². The summed E-state index contributed by atoms with van der Waals surface area (Å²) in [4.78, 5) is 35.8. The van der Waals surface area contributed by atoms with E-state index < -0.39 is 29.6 Å². The fourth-order valence-corrected chi connectivity index (χ4v) is 2.58. The van der Waals surface area contributed by atoms with Crippen molar-refractivity contribution in [2.24, 2.45) is 10.2 Å². The number of rotatable bonds is 6. The van der Waals surface area contributed by atoms with E-state index in [0.29, 0.717) is 0 Å². The SMILES string of the molecule is O=C(CCCN1C(=O)C=CC1=O)Nc1ccccc1C1(C(F)(F)F)N=N1. The van der Waals surface area contributed by atoms with Crippen LogP contribution in [0.1, 0.15) is 18.4 Å². The summed E-state index contributed by atoms with van der Waals surface area (Å²) in [6, 6.07) is 5.43. The number of benzene rings is 1. The Balaban J connectivity index is 1.61. The second-order valence-corrected chi connectivity index (χ2v) is 5.73. The van der Waals surface area contributed by atoms with Crippen LogP contribution < -0.4 is 5.32 Å². The van der Waals surface area contributed by atoms with Crippen molar-refractivity contribution in [1.29, 1.82) is 0 Å². The summed E-state index contributed by atoms with van der Waals surface area (Å²) < 4.78 is 39.5. The smallest absolute Gasteiger partial charge is 0.326 e. The molecule has 0 fully saturated rings. The van der Waals surface area contributed by atoms with Crippen molar-refractivity contribution >= 4 is 23.4 Å². The van der Waals surface area contributed by atoms with E-state index in [1.807, 2.05) is 0 Å². The molecule has 1 N–H and O–H groups in total. The Bertz CT molecular complexity index is 808. The summed E-state index contributed by atoms with van der Waals surface area (Å²) in [5, 5.41) is 8.68. The van der Waals surface area contributed by atoms with E-state index in [0.717, 1.165) is 17.1 Å². The van der Waals surface area contributed by atoms with Gasteiger partial charge in [0.15, 0.2) is 0 Å². The van der Waals surface area contributed by atoms with Crippen LogP contribution in [0, 0.1) is 0 Å². The third-order valence-electron chi connectivity index (χ3n) is 3.96. The van der Waals surface area contributed by atoms with Crippen molar-refractivity contribution in [1.82, 2.24) is 4.90 Å². The molecule has 2 heterocycles. The first-order valence-electron chi connectivity index (χ1n) is 7.68. The molecule has 0 aromatic heterocycles. The molecular formula is C16H13F3N4O3. The zero-order valence-corrected chi connectivity index (χ0v) is 13.3. The first-order chi connectivity index (χ1) is 12.2. The lowest BCUT2D eigenvalue weighted by Crippen LogP contribution is -2.32. The molecule has 3 rings (SSSR count). The maximum absolute atomic E-state index is 13.2. The number of nitrogens with zero attached hydrogens (tertiary/aromatic N) is 3. The molecule has 0 saturated carbocycles. The lowest BCUT2D eigenvalue weighted by atomic mass is 10.0. The molecule has 136 valence electrons. The summed E-state index contributed by atoms with van der Waals surface area (Å²) in [6.45, 7) is 0.0525. The molecule has 0 bridgehead atoms. The number of amides is 3. The highest BCUT2D eigenvalue weighted by Gasteiger charge is 2.66. The van der Waals surface area contributed by atoms with Gasteiger partial charge in [0.25, 0.3) is 11.8 Å². The highest BCUT2D eigenvalue weighted by molar-refractivity contribution is 6.12. The van der Waals surface area contributed by atoms with Crippen molar-refractivity contribution in [3.8, 4) is 0 Å². The van der Waals surface area contributed by atoms with Gasteiger partial charge in [-0.2, -0.15) is 13.2 Å². The molecule has 0 unspecified atom stereocenters. The number of hydrogen-bond donors (Lipinski definition) is 1. The Kier molecular flexibility index (Phi) is 4.34. The number of halogens is 3. The van der Waals surface area contributed by atoms with E-state index in [2.05, 4.69) is 15.5 Å². The van der Waals surface area contributed by atoms with Gasteiger partial charge in [-0.1, -0.05) is 18.2 Å². The Morgan fingerprint density at radius 3 is 2.31 bits per heavy atom. The zero-order valence-electron chi connectivity index (χ0n) is 13.3. The molecule has 0 atom stereocenters. The van der Waals surface area contributed by atoms with Gasteiger partial charge in [0.2, 0.25) is 5.91 Å². The molecule has 7 nitrogen and oxygen atoms in total. The minimum atomic E-state index is -4.70. The van der Waals surface area contributed by atoms with E-state index in [9.17, 15) is 27.6 Å². The van der Waals surface area contributed by atoms with Crippen molar-refractivity contribution < 1.29 is 27.6 Å². The van der Waals surface area contributed by atoms with Crippen LogP contribution in [0.25, 0.3) is 0 Å². The molecule has 10 heteroatoms. The minimum absolute atomic E-state index is 0.0326. The van der Waals surface area contributed by atoms with Crippen LogP contribution in [0.4, 0.5) is 18.9 Å². The van der Waals surface area contributed by atoms with Crippen LogP contribution in [0.3, 0.4) is 0 Å². The lowest BCUT2D eigenvalue weighted by Gasteiger charge is -2.18. The van der Waals surface area contributed by atoms with Gasteiger partial charge in [0.05, 0.1) is 0 Å². The molecule has 0 saturated heterocycles. The maximum Gasteiger partial charge on any atom is 0.442 e. The summed E-state index contributed by atoms with van der Waals surface area (Å²) in [6.07, 6.45) is -2.31. The average Bonchev–Trinajstić information content (AvgIpc) is 3.33. The maximum atomic E-state index is 13.2. The highest BCUT2D eigenvalue weighted by atomic mass is 19.4. The zero-order chi connectivity index (χ0) is 18.9. The predicted molar refractivity (Wildman–Crippen MR) is 82.8 cm³/mol. The van der Waals surface area contributed by atoms with Crippen LogP contribution in [0.15, 0.2) is 46.6 Å². The van der Waals surface area contributed by atoms with Gasteiger partial charge in [-0.3, -0.25) is 19.3 Å². The third kappa shape index (κ3) is 3.22. The van der Waals surface area contributed by atoms with Crippen LogP contribution in [0.5, 0.6) is 0 Å². The number of para-hydroxylation sites is 1. The highest BCUT2D eigenvalue weighted by Crippen LogP contribution is 2.54. The van der Waals surface area contributed by atoms with Gasteiger partial charge in [-0.15, -0.1) is 10.2 Å². The molecule has 0 aliphatic carbocycles. The van der Waals surface area contributed by atoms with Gasteiger partial charge in [-0.25, -0.2) is 0 Å². The number of carbonyl (C=O) groups is 3. The molecule has 2 aliphatic rings. The average molecular weight is 366 g/mol. The molecular weight excluding hydrogens is 353 g/mol. The van der Waals surface area contributed by atoms with E-state index in [-0.39, 0.29) is 30.6 Å². The monoisotopic (exact) mass is 366 g/mol. The normalized spacial score (nSPS) is 17.7. The van der Waals surface area contributed by atoms with Gasteiger partial charge in [0, 0.05) is 36.4 Å². The summed E-state index contributed by atoms with van der Waals surface area (Å²) in [5.74, 6) is -1.45. The number of nitrogens with one attached hydrogen (secondary N) is 1. The number of anilines is 1. The molecule has 2 aliphatic heterocycles. The van der Waals surface area contributed by atoms with Gasteiger partial charge < -0.3 is 5.32 Å². The molecule has 1 aromatic rings. The van der Waals surface area contributed by atoms with Crippen LogP contribution in [-0.2, 0) is 20.0 Å². The first-order valence-corrected chi connectivity index (χ1v) is 7.68. The minimum Gasteiger partial charge on any atom is -0.326 e. The van der Waals surface area contributed by atoms with Crippen LogP contribution in [-0.4, -0.2) is 35.3 Å². The molecule has 1 aromatic carbocycles. The number of alkyl halides is 3. The largest absolute Gasteiger partial charge is 0.442 e. The Morgan fingerprint density at radius 1 is 1.12 bits per heavy atom. The Labute approximate surface area is 145 Å². The van der Waals surface area contributed by atoms with Crippen LogP contribution in [0.2, 0.25) is 0 Å². The second kappa shape index (κ2) is 6.36. The fourth-order valence-electron chi connectivity index (χ4n) is 2.58. The Morgan fingerprint density at radius 2 is 1.73 bits per heavy atom. The first kappa shape index (κ1) is 17.8. The van der Waals surface area contributed by atoms with Crippen molar-refractivity contribution in [3.63, 3.8) is 0 Å². The lowest BCUT2D eigenvalue weighted by molar-refractivity contribution is -0.166.